The van der Waals surface area contributed by atoms with E-state index in [0.29, 0.717) is 13.2 Å². The summed E-state index contributed by atoms with van der Waals surface area (Å²) >= 11 is 0. The van der Waals surface area contributed by atoms with Crippen molar-refractivity contribution in [1.29, 1.82) is 0 Å². The first-order chi connectivity index (χ1) is 11.7. The third-order valence-corrected chi connectivity index (χ3v) is 9.91. The zero-order chi connectivity index (χ0) is 20.6. The normalized spacial score (nSPS) is 14.4. The van der Waals surface area contributed by atoms with Crippen molar-refractivity contribution in [3.8, 4) is 23.3 Å². The van der Waals surface area contributed by atoms with Crippen molar-refractivity contribution in [2.45, 2.75) is 78.0 Å². The average molecular weight is 396 g/mol. The van der Waals surface area contributed by atoms with Crippen LogP contribution in [0.25, 0.3) is 0 Å². The molecular formula is C20H37NO3Si2. The van der Waals surface area contributed by atoms with E-state index in [-0.39, 0.29) is 23.3 Å². The molecule has 0 unspecified atom stereocenters. The van der Waals surface area contributed by atoms with Crippen molar-refractivity contribution in [1.82, 2.24) is 5.32 Å². The van der Waals surface area contributed by atoms with E-state index in [1.54, 1.807) is 0 Å². The second-order valence-electron chi connectivity index (χ2n) is 9.36. The lowest BCUT2D eigenvalue weighted by atomic mass is 10.0. The lowest BCUT2D eigenvalue weighted by Crippen LogP contribution is -2.42. The van der Waals surface area contributed by atoms with E-state index >= 15 is 0 Å². The molecular weight excluding hydrogens is 358 g/mol. The summed E-state index contributed by atoms with van der Waals surface area (Å²) in [6.07, 6.45) is -0.345. The van der Waals surface area contributed by atoms with Crippen LogP contribution in [-0.2, 0) is 9.22 Å². The largest absolute Gasteiger partial charge is 0.416 e. The Morgan fingerprint density at radius 2 is 1.73 bits per heavy atom. The first kappa shape index (κ1) is 24.9. The molecule has 4 nitrogen and oxygen atoms in total. The Morgan fingerprint density at radius 3 is 2.23 bits per heavy atom. The topological polar surface area (TPSA) is 58.6 Å². The molecule has 6 heteroatoms. The van der Waals surface area contributed by atoms with Crippen LogP contribution in [0.3, 0.4) is 0 Å². The van der Waals surface area contributed by atoms with Gasteiger partial charge in [0.05, 0.1) is 12.6 Å². The van der Waals surface area contributed by atoms with Crippen molar-refractivity contribution in [2.75, 3.05) is 13.2 Å². The highest BCUT2D eigenvalue weighted by Gasteiger charge is 2.37. The Balaban J connectivity index is 4.33. The second-order valence-corrected chi connectivity index (χ2v) is 18.9. The molecule has 0 heterocycles. The number of rotatable bonds is 6. The van der Waals surface area contributed by atoms with Gasteiger partial charge in [-0.3, -0.25) is 4.79 Å². The van der Waals surface area contributed by atoms with Crippen LogP contribution < -0.4 is 5.32 Å². The summed E-state index contributed by atoms with van der Waals surface area (Å²) in [7, 11) is -3.22. The monoisotopic (exact) mass is 395 g/mol. The fourth-order valence-corrected chi connectivity index (χ4v) is 3.31. The lowest BCUT2D eigenvalue weighted by Gasteiger charge is -2.37. The van der Waals surface area contributed by atoms with Crippen LogP contribution in [0.2, 0.25) is 37.8 Å². The molecule has 2 N–H and O–H groups in total. The molecule has 0 aliphatic rings. The molecule has 0 aromatic carbocycles. The molecule has 0 spiro atoms. The van der Waals surface area contributed by atoms with Crippen LogP contribution in [-0.4, -0.2) is 46.7 Å². The van der Waals surface area contributed by atoms with Gasteiger partial charge in [0.25, 0.3) is 5.91 Å². The van der Waals surface area contributed by atoms with Crippen LogP contribution in [0.1, 0.15) is 34.1 Å². The average Bonchev–Trinajstić information content (AvgIpc) is 2.47. The smallest absolute Gasteiger partial charge is 0.296 e. The summed E-state index contributed by atoms with van der Waals surface area (Å²) in [6, 6.07) is 0. The molecule has 1 amide bonds. The molecule has 0 radical (unpaired) electrons. The Hall–Kier alpha value is -1.06. The maximum Gasteiger partial charge on any atom is 0.296 e. The van der Waals surface area contributed by atoms with Gasteiger partial charge in [-0.15, -0.1) is 5.54 Å². The fourth-order valence-electron chi connectivity index (χ4n) is 1.58. The number of aliphatic hydroxyl groups excluding tert-OH is 1. The zero-order valence-corrected chi connectivity index (χ0v) is 20.0. The summed E-state index contributed by atoms with van der Waals surface area (Å²) < 4.78 is 6.14. The SMILES string of the molecule is C[C@@H](CO[Si](C)(C)C(C)(C)C)[C@@H](O)CC#CC(=O)NCC#C[Si](C)(C)C. The van der Waals surface area contributed by atoms with Gasteiger partial charge in [-0.25, -0.2) is 0 Å². The second kappa shape index (κ2) is 10.3. The molecule has 0 aliphatic carbocycles. The predicted octanol–water partition coefficient (Wildman–Crippen LogP) is 3.40. The minimum absolute atomic E-state index is 0.0240. The summed E-state index contributed by atoms with van der Waals surface area (Å²) in [5.74, 6) is 7.86. The number of nitrogens with one attached hydrogen (secondary N) is 1. The van der Waals surface area contributed by atoms with Gasteiger partial charge in [0.15, 0.2) is 8.32 Å². The maximum atomic E-state index is 11.6. The molecule has 0 aromatic heterocycles. The van der Waals surface area contributed by atoms with Crippen LogP contribution >= 0.6 is 0 Å². The molecule has 0 saturated heterocycles. The highest BCUT2D eigenvalue weighted by atomic mass is 28.4. The molecule has 0 saturated carbocycles. The summed E-state index contributed by atoms with van der Waals surface area (Å²) in [5, 5.41) is 13.0. The van der Waals surface area contributed by atoms with E-state index in [9.17, 15) is 9.90 Å². The number of amides is 1. The number of hydrogen-bond donors (Lipinski definition) is 2. The fraction of sp³-hybridized carbons (Fsp3) is 0.750. The van der Waals surface area contributed by atoms with E-state index in [2.05, 4.69) is 82.1 Å². The van der Waals surface area contributed by atoms with Crippen molar-refractivity contribution in [3.63, 3.8) is 0 Å². The van der Waals surface area contributed by atoms with Gasteiger partial charge >= 0.3 is 0 Å². The highest BCUT2D eigenvalue weighted by Crippen LogP contribution is 2.36. The van der Waals surface area contributed by atoms with Crippen LogP contribution in [0.5, 0.6) is 0 Å². The van der Waals surface area contributed by atoms with E-state index < -0.39 is 22.5 Å². The van der Waals surface area contributed by atoms with Crippen molar-refractivity contribution in [3.05, 3.63) is 0 Å². The molecule has 0 aromatic rings. The quantitative estimate of drug-likeness (QED) is 0.535. The van der Waals surface area contributed by atoms with Gasteiger partial charge in [0, 0.05) is 18.9 Å². The first-order valence-electron chi connectivity index (χ1n) is 9.24. The summed E-state index contributed by atoms with van der Waals surface area (Å²) in [4.78, 5) is 11.6. The van der Waals surface area contributed by atoms with Crippen molar-refractivity contribution in [2.24, 2.45) is 5.92 Å². The summed E-state index contributed by atoms with van der Waals surface area (Å²) in [6.45, 7) is 20.2. The Morgan fingerprint density at radius 1 is 1.15 bits per heavy atom. The Bertz CT molecular complexity index is 581. The standard InChI is InChI=1S/C20H37NO3Si2/c1-17(16-24-26(8,9)20(2,3)4)18(22)12-10-13-19(23)21-14-11-15-25(5,6)7/h17-18,22H,12,14,16H2,1-9H3,(H,21,23)/t17-,18-/m0/s1. The molecule has 0 fully saturated rings. The number of carbonyl (C=O) groups excluding carboxylic acids is 1. The van der Waals surface area contributed by atoms with Gasteiger partial charge in [-0.2, -0.15) is 0 Å². The van der Waals surface area contributed by atoms with E-state index in [1.807, 2.05) is 6.92 Å². The number of carbonyl (C=O) groups is 1. The van der Waals surface area contributed by atoms with Crippen LogP contribution in [0, 0.1) is 29.2 Å². The van der Waals surface area contributed by atoms with Crippen LogP contribution in [0.15, 0.2) is 0 Å². The molecule has 0 aliphatic heterocycles. The van der Waals surface area contributed by atoms with Crippen LogP contribution in [0.4, 0.5) is 0 Å². The predicted molar refractivity (Wildman–Crippen MR) is 115 cm³/mol. The number of hydrogen-bond acceptors (Lipinski definition) is 3. The first-order valence-corrected chi connectivity index (χ1v) is 15.7. The van der Waals surface area contributed by atoms with Gasteiger partial charge in [0.2, 0.25) is 0 Å². The molecule has 2 atom stereocenters. The van der Waals surface area contributed by atoms with E-state index in [1.165, 1.54) is 0 Å². The molecule has 26 heavy (non-hydrogen) atoms. The minimum atomic E-state index is -1.82. The van der Waals surface area contributed by atoms with E-state index in [4.69, 9.17) is 4.43 Å². The van der Waals surface area contributed by atoms with Crippen molar-refractivity contribution < 1.29 is 14.3 Å². The van der Waals surface area contributed by atoms with E-state index in [0.717, 1.165) is 0 Å². The van der Waals surface area contributed by atoms with Gasteiger partial charge < -0.3 is 14.8 Å². The highest BCUT2D eigenvalue weighted by molar-refractivity contribution is 6.83. The third kappa shape index (κ3) is 10.8. The third-order valence-electron chi connectivity index (χ3n) is 4.48. The van der Waals surface area contributed by atoms with Gasteiger partial charge in [-0.1, -0.05) is 59.2 Å². The lowest BCUT2D eigenvalue weighted by molar-refractivity contribution is -0.115. The van der Waals surface area contributed by atoms with Gasteiger partial charge in [0.1, 0.15) is 8.07 Å². The molecule has 0 bridgehead atoms. The Labute approximate surface area is 162 Å². The van der Waals surface area contributed by atoms with Gasteiger partial charge in [-0.05, 0) is 24.1 Å². The molecule has 148 valence electrons. The number of aliphatic hydroxyl groups is 1. The zero-order valence-electron chi connectivity index (χ0n) is 18.0. The minimum Gasteiger partial charge on any atom is -0.416 e. The Kier molecular flexibility index (Phi) is 9.90. The maximum absolute atomic E-state index is 11.6. The molecule has 0 rings (SSSR count). The summed E-state index contributed by atoms with van der Waals surface area (Å²) in [5.41, 5.74) is 3.18. The van der Waals surface area contributed by atoms with Crippen molar-refractivity contribution >= 4 is 22.3 Å².